The van der Waals surface area contributed by atoms with E-state index in [1.807, 2.05) is 0 Å². The smallest absolute Gasteiger partial charge is 0.396 e. The molecule has 0 amide bonds. The zero-order valence-electron chi connectivity index (χ0n) is 7.96. The van der Waals surface area contributed by atoms with Gasteiger partial charge in [0.15, 0.2) is 0 Å². The van der Waals surface area contributed by atoms with Gasteiger partial charge >= 0.3 is 6.18 Å². The topological polar surface area (TPSA) is 20.2 Å². The number of aliphatic hydroxyl groups excluding tert-OH is 1. The van der Waals surface area contributed by atoms with Crippen LogP contribution in [0, 0.1) is 0 Å². The van der Waals surface area contributed by atoms with E-state index in [1.165, 1.54) is 24.3 Å². The maximum Gasteiger partial charge on any atom is 0.416 e. The average molecular weight is 216 g/mol. The van der Waals surface area contributed by atoms with Gasteiger partial charge in [0.2, 0.25) is 0 Å². The molecule has 1 N–H and O–H groups in total. The highest BCUT2D eigenvalue weighted by molar-refractivity contribution is 5.54. The van der Waals surface area contributed by atoms with Gasteiger partial charge in [-0.15, -0.1) is 0 Å². The van der Waals surface area contributed by atoms with Crippen molar-refractivity contribution in [3.8, 4) is 0 Å². The van der Waals surface area contributed by atoms with Crippen LogP contribution >= 0.6 is 0 Å². The van der Waals surface area contributed by atoms with Crippen molar-refractivity contribution in [2.45, 2.75) is 12.6 Å². The van der Waals surface area contributed by atoms with Gasteiger partial charge in [-0.25, -0.2) is 0 Å². The first kappa shape index (κ1) is 11.8. The van der Waals surface area contributed by atoms with Gasteiger partial charge in [0.25, 0.3) is 0 Å². The van der Waals surface area contributed by atoms with Crippen LogP contribution in [0.2, 0.25) is 0 Å². The third kappa shape index (κ3) is 3.40. The molecule has 0 atom stereocenters. The van der Waals surface area contributed by atoms with E-state index in [0.717, 1.165) is 6.07 Å². The predicted octanol–water partition coefficient (Wildman–Crippen LogP) is 3.10. The first-order chi connectivity index (χ1) is 7.05. The van der Waals surface area contributed by atoms with E-state index in [1.54, 1.807) is 6.07 Å². The fourth-order valence-electron chi connectivity index (χ4n) is 1.19. The van der Waals surface area contributed by atoms with Gasteiger partial charge in [0.1, 0.15) is 0 Å². The van der Waals surface area contributed by atoms with Crippen LogP contribution in [0.1, 0.15) is 17.5 Å². The Morgan fingerprint density at radius 2 is 1.87 bits per heavy atom. The van der Waals surface area contributed by atoms with Gasteiger partial charge in [0.05, 0.1) is 5.56 Å². The van der Waals surface area contributed by atoms with Crippen LogP contribution in [0.25, 0.3) is 6.08 Å². The van der Waals surface area contributed by atoms with Crippen molar-refractivity contribution in [3.05, 3.63) is 41.5 Å². The highest BCUT2D eigenvalue weighted by atomic mass is 19.4. The molecule has 0 heterocycles. The van der Waals surface area contributed by atoms with E-state index in [2.05, 4.69) is 0 Å². The lowest BCUT2D eigenvalue weighted by atomic mass is 10.1. The van der Waals surface area contributed by atoms with Crippen LogP contribution in [-0.4, -0.2) is 11.7 Å². The Morgan fingerprint density at radius 1 is 1.20 bits per heavy atom. The Morgan fingerprint density at radius 3 is 2.47 bits per heavy atom. The predicted molar refractivity (Wildman–Crippen MR) is 52.2 cm³/mol. The minimum atomic E-state index is -4.33. The molecule has 1 aromatic carbocycles. The highest BCUT2D eigenvalue weighted by Crippen LogP contribution is 2.32. The monoisotopic (exact) mass is 216 g/mol. The fourth-order valence-corrected chi connectivity index (χ4v) is 1.19. The Labute approximate surface area is 85.9 Å². The number of benzene rings is 1. The summed E-state index contributed by atoms with van der Waals surface area (Å²) >= 11 is 0. The number of aliphatic hydroxyl groups is 1. The molecule has 1 rings (SSSR count). The van der Waals surface area contributed by atoms with Crippen LogP contribution in [0.5, 0.6) is 0 Å². The second kappa shape index (κ2) is 4.98. The maximum absolute atomic E-state index is 12.5. The Balaban J connectivity index is 2.97. The molecule has 15 heavy (non-hydrogen) atoms. The molecule has 0 aromatic heterocycles. The molecule has 0 saturated heterocycles. The SMILES string of the molecule is OCC/C=C/c1ccccc1C(F)(F)F. The standard InChI is InChI=1S/C11H11F3O/c12-11(13,14)10-7-2-1-5-9(10)6-3-4-8-15/h1-3,5-7,15H,4,8H2/b6-3+. The number of rotatable bonds is 3. The summed E-state index contributed by atoms with van der Waals surface area (Å²) in [4.78, 5) is 0. The molecule has 1 aromatic rings. The molecule has 0 radical (unpaired) electrons. The molecule has 1 nitrogen and oxygen atoms in total. The van der Waals surface area contributed by atoms with Gasteiger partial charge < -0.3 is 5.11 Å². The van der Waals surface area contributed by atoms with Crippen LogP contribution in [-0.2, 0) is 6.18 Å². The van der Waals surface area contributed by atoms with Crippen molar-refractivity contribution < 1.29 is 18.3 Å². The third-order valence-corrected chi connectivity index (χ3v) is 1.86. The summed E-state index contributed by atoms with van der Waals surface area (Å²) in [5.74, 6) is 0. The molecule has 0 aliphatic heterocycles. The van der Waals surface area contributed by atoms with Crippen LogP contribution in [0.3, 0.4) is 0 Å². The molecule has 0 unspecified atom stereocenters. The van der Waals surface area contributed by atoms with E-state index >= 15 is 0 Å². The van der Waals surface area contributed by atoms with E-state index in [4.69, 9.17) is 5.11 Å². The summed E-state index contributed by atoms with van der Waals surface area (Å²) in [7, 11) is 0. The van der Waals surface area contributed by atoms with Gasteiger partial charge in [-0.2, -0.15) is 13.2 Å². The van der Waals surface area contributed by atoms with Crippen molar-refractivity contribution in [2.24, 2.45) is 0 Å². The fraction of sp³-hybridized carbons (Fsp3) is 0.273. The molecule has 0 spiro atoms. The molecule has 82 valence electrons. The van der Waals surface area contributed by atoms with Gasteiger partial charge in [0, 0.05) is 6.61 Å². The number of hydrogen-bond acceptors (Lipinski definition) is 1. The Hall–Kier alpha value is -1.29. The van der Waals surface area contributed by atoms with Crippen molar-refractivity contribution in [1.29, 1.82) is 0 Å². The number of hydrogen-bond donors (Lipinski definition) is 1. The van der Waals surface area contributed by atoms with Gasteiger partial charge in [-0.1, -0.05) is 30.4 Å². The van der Waals surface area contributed by atoms with Crippen molar-refractivity contribution >= 4 is 6.08 Å². The van der Waals surface area contributed by atoms with Crippen LogP contribution < -0.4 is 0 Å². The molecule has 0 fully saturated rings. The molecular formula is C11H11F3O. The summed E-state index contributed by atoms with van der Waals surface area (Å²) in [5.41, 5.74) is -0.530. The van der Waals surface area contributed by atoms with E-state index < -0.39 is 11.7 Å². The first-order valence-corrected chi connectivity index (χ1v) is 4.49. The lowest BCUT2D eigenvalue weighted by Gasteiger charge is -2.09. The second-order valence-electron chi connectivity index (χ2n) is 3.00. The third-order valence-electron chi connectivity index (χ3n) is 1.86. The van der Waals surface area contributed by atoms with E-state index in [0.29, 0.717) is 6.42 Å². The zero-order valence-corrected chi connectivity index (χ0v) is 7.96. The minimum Gasteiger partial charge on any atom is -0.396 e. The Bertz CT molecular complexity index is 342. The van der Waals surface area contributed by atoms with Gasteiger partial charge in [-0.3, -0.25) is 0 Å². The molecule has 0 aliphatic carbocycles. The lowest BCUT2D eigenvalue weighted by Crippen LogP contribution is -2.06. The quantitative estimate of drug-likeness (QED) is 0.823. The molecular weight excluding hydrogens is 205 g/mol. The maximum atomic E-state index is 12.5. The number of halogens is 3. The van der Waals surface area contributed by atoms with Crippen LogP contribution in [0.15, 0.2) is 30.3 Å². The van der Waals surface area contributed by atoms with Crippen LogP contribution in [0.4, 0.5) is 13.2 Å². The summed E-state index contributed by atoms with van der Waals surface area (Å²) in [6.45, 7) is -0.0648. The summed E-state index contributed by atoms with van der Waals surface area (Å²) in [6, 6.07) is 5.34. The van der Waals surface area contributed by atoms with Gasteiger partial charge in [-0.05, 0) is 18.1 Å². The molecule has 0 saturated carbocycles. The molecule has 4 heteroatoms. The van der Waals surface area contributed by atoms with E-state index in [9.17, 15) is 13.2 Å². The minimum absolute atomic E-state index is 0.0648. The lowest BCUT2D eigenvalue weighted by molar-refractivity contribution is -0.137. The zero-order chi connectivity index (χ0) is 11.3. The molecule has 0 bridgehead atoms. The first-order valence-electron chi connectivity index (χ1n) is 4.49. The largest absolute Gasteiger partial charge is 0.416 e. The Kier molecular flexibility index (Phi) is 3.91. The summed E-state index contributed by atoms with van der Waals surface area (Å²) < 4.78 is 37.4. The average Bonchev–Trinajstić information content (AvgIpc) is 2.17. The number of alkyl halides is 3. The van der Waals surface area contributed by atoms with E-state index in [-0.39, 0.29) is 12.2 Å². The van der Waals surface area contributed by atoms with Crippen molar-refractivity contribution in [1.82, 2.24) is 0 Å². The normalized spacial score (nSPS) is 12.3. The summed E-state index contributed by atoms with van der Waals surface area (Å²) in [5, 5.41) is 8.50. The molecule has 0 aliphatic rings. The highest BCUT2D eigenvalue weighted by Gasteiger charge is 2.32. The van der Waals surface area contributed by atoms with Crippen molar-refractivity contribution in [2.75, 3.05) is 6.61 Å². The summed E-state index contributed by atoms with van der Waals surface area (Å²) in [6.07, 6.45) is -1.09. The second-order valence-corrected chi connectivity index (χ2v) is 3.00. The van der Waals surface area contributed by atoms with Crippen molar-refractivity contribution in [3.63, 3.8) is 0 Å².